The highest BCUT2D eigenvalue weighted by molar-refractivity contribution is 5.72. The molecule has 0 aliphatic carbocycles. The van der Waals surface area contributed by atoms with Gasteiger partial charge >= 0.3 is 12.1 Å². The molecule has 3 aromatic rings. The number of ether oxygens (including phenoxy) is 3. The maximum absolute atomic E-state index is 14.7. The summed E-state index contributed by atoms with van der Waals surface area (Å²) in [7, 11) is 1.23. The molecule has 0 aliphatic rings. The van der Waals surface area contributed by atoms with Crippen LogP contribution in [0.15, 0.2) is 48.5 Å². The maximum atomic E-state index is 14.7. The molecule has 4 N–H and O–H groups in total. The summed E-state index contributed by atoms with van der Waals surface area (Å²) in [4.78, 5) is 26.9. The first kappa shape index (κ1) is 28.3. The monoisotopic (exact) mass is 529 g/mol. The number of pyridine rings is 1. The van der Waals surface area contributed by atoms with Crippen molar-refractivity contribution < 1.29 is 37.7 Å². The van der Waals surface area contributed by atoms with Gasteiger partial charge in [-0.2, -0.15) is 4.98 Å². The zero-order valence-electron chi connectivity index (χ0n) is 21.2. The van der Waals surface area contributed by atoms with Gasteiger partial charge in [0.25, 0.3) is 11.8 Å². The number of benzene rings is 2. The predicted octanol–water partition coefficient (Wildman–Crippen LogP) is 5.01. The lowest BCUT2D eigenvalue weighted by molar-refractivity contribution is -0.146. The zero-order chi connectivity index (χ0) is 27.8. The number of carboxylic acids is 1. The van der Waals surface area contributed by atoms with E-state index in [9.17, 15) is 23.5 Å². The van der Waals surface area contributed by atoms with Crippen molar-refractivity contribution in [2.75, 3.05) is 7.11 Å². The van der Waals surface area contributed by atoms with E-state index >= 15 is 0 Å². The molecule has 0 radical (unpaired) electrons. The van der Waals surface area contributed by atoms with Crippen LogP contribution in [0.5, 0.6) is 17.5 Å². The van der Waals surface area contributed by atoms with Gasteiger partial charge in [-0.05, 0) is 58.9 Å². The molecule has 2 aromatic carbocycles. The summed E-state index contributed by atoms with van der Waals surface area (Å²) >= 11 is 0. The number of hydrogen-bond acceptors (Lipinski definition) is 7. The molecule has 1 atom stereocenters. The number of rotatable bonds is 11. The highest BCUT2D eigenvalue weighted by Gasteiger charge is 2.25. The normalized spacial score (nSPS) is 11.7. The molecule has 0 bridgehead atoms. The lowest BCUT2D eigenvalue weighted by Crippen LogP contribution is -2.29. The van der Waals surface area contributed by atoms with Gasteiger partial charge in [-0.25, -0.2) is 18.4 Å². The first-order chi connectivity index (χ1) is 18.1. The van der Waals surface area contributed by atoms with Crippen LogP contribution in [0.1, 0.15) is 31.4 Å². The first-order valence-corrected chi connectivity index (χ1v) is 11.8. The van der Waals surface area contributed by atoms with Crippen molar-refractivity contribution in [2.24, 2.45) is 11.7 Å². The van der Waals surface area contributed by atoms with Gasteiger partial charge in [-0.1, -0.05) is 32.0 Å². The number of halogens is 2. The summed E-state index contributed by atoms with van der Waals surface area (Å²) < 4.78 is 44.6. The molecule has 1 heterocycles. The second-order valence-corrected chi connectivity index (χ2v) is 8.85. The summed E-state index contributed by atoms with van der Waals surface area (Å²) in [5, 5.41) is 12.0. The van der Waals surface area contributed by atoms with Crippen LogP contribution in [0.4, 0.5) is 13.6 Å². The number of aliphatic carboxylic acids is 1. The van der Waals surface area contributed by atoms with Crippen molar-refractivity contribution in [1.29, 1.82) is 0 Å². The van der Waals surface area contributed by atoms with Crippen LogP contribution < -0.4 is 20.5 Å². The van der Waals surface area contributed by atoms with Crippen LogP contribution in [0.25, 0.3) is 11.1 Å². The van der Waals surface area contributed by atoms with Gasteiger partial charge in [0.2, 0.25) is 0 Å². The van der Waals surface area contributed by atoms with E-state index in [1.807, 2.05) is 24.3 Å². The van der Waals surface area contributed by atoms with E-state index in [1.165, 1.54) is 13.2 Å². The summed E-state index contributed by atoms with van der Waals surface area (Å²) in [5.74, 6) is -4.84. The summed E-state index contributed by atoms with van der Waals surface area (Å²) in [5.41, 5.74) is 8.68. The van der Waals surface area contributed by atoms with Crippen molar-refractivity contribution >= 4 is 12.1 Å². The van der Waals surface area contributed by atoms with Gasteiger partial charge in [0, 0.05) is 19.2 Å². The molecule has 38 heavy (non-hydrogen) atoms. The average Bonchev–Trinajstić information content (AvgIpc) is 2.89. The van der Waals surface area contributed by atoms with E-state index in [2.05, 4.69) is 15.0 Å². The number of hydrogen-bond donors (Lipinski definition) is 3. The Morgan fingerprint density at radius 1 is 1.03 bits per heavy atom. The smallest absolute Gasteiger partial charge is 0.407 e. The highest BCUT2D eigenvalue weighted by Crippen LogP contribution is 2.32. The number of carboxylic acid groups (broad SMARTS) is 1. The molecular formula is C27H29F2N3O6. The van der Waals surface area contributed by atoms with Crippen LogP contribution in [-0.2, 0) is 22.6 Å². The minimum absolute atomic E-state index is 0.0622. The van der Waals surface area contributed by atoms with Crippen LogP contribution >= 0.6 is 0 Å². The zero-order valence-corrected chi connectivity index (χ0v) is 21.2. The van der Waals surface area contributed by atoms with Crippen molar-refractivity contribution in [3.8, 4) is 28.6 Å². The molecular weight excluding hydrogens is 500 g/mol. The third-order valence-corrected chi connectivity index (χ3v) is 5.38. The fourth-order valence-corrected chi connectivity index (χ4v) is 3.57. The number of nitrogens with zero attached hydrogens (tertiary/aromatic N) is 1. The first-order valence-electron chi connectivity index (χ1n) is 11.8. The number of nitrogens with one attached hydrogen (secondary N) is 1. The van der Waals surface area contributed by atoms with Crippen LogP contribution in [-0.4, -0.2) is 35.4 Å². The number of alkyl carbamates (subject to hydrolysis) is 1. The van der Waals surface area contributed by atoms with Gasteiger partial charge in [0.15, 0.2) is 17.7 Å². The Bertz CT molecular complexity index is 1300. The molecule has 3 rings (SSSR count). The molecule has 0 saturated carbocycles. The topological polar surface area (TPSA) is 133 Å². The van der Waals surface area contributed by atoms with E-state index in [0.29, 0.717) is 23.7 Å². The Labute approximate surface area is 218 Å². The van der Waals surface area contributed by atoms with Gasteiger partial charge in [0.1, 0.15) is 5.75 Å². The summed E-state index contributed by atoms with van der Waals surface area (Å²) in [6.07, 6.45) is -1.94. The lowest BCUT2D eigenvalue weighted by Gasteiger charge is -2.17. The SMILES string of the molecule is COC(=O)NCc1cc(Oc2nc(O[C@H](CC(C)C)C(=O)O)c(F)cc2F)cc(-c2cccc(CN)c2)c1. The lowest BCUT2D eigenvalue weighted by atomic mass is 10.0. The average molecular weight is 530 g/mol. The standard InChI is InChI=1S/C27H29F2N3O6/c1-15(2)7-23(26(33)34)38-25-22(29)12-21(28)24(32-25)37-20-10-17(14-31-27(35)36-3)9-19(11-20)18-6-4-5-16(8-18)13-30/h4-6,8-12,15,23H,7,13-14,30H2,1-3H3,(H,31,35)(H,33,34)/t23-/m1/s1. The van der Waals surface area contributed by atoms with E-state index in [-0.39, 0.29) is 24.6 Å². The van der Waals surface area contributed by atoms with E-state index in [4.69, 9.17) is 15.2 Å². The Morgan fingerprint density at radius 2 is 1.74 bits per heavy atom. The molecule has 0 aliphatic heterocycles. The van der Waals surface area contributed by atoms with Gasteiger partial charge in [-0.15, -0.1) is 0 Å². The summed E-state index contributed by atoms with van der Waals surface area (Å²) in [6.45, 7) is 3.95. The molecule has 1 aromatic heterocycles. The largest absolute Gasteiger partial charge is 0.479 e. The summed E-state index contributed by atoms with van der Waals surface area (Å²) in [6, 6.07) is 12.9. The van der Waals surface area contributed by atoms with Gasteiger partial charge < -0.3 is 30.4 Å². The molecule has 9 nitrogen and oxygen atoms in total. The number of nitrogens with two attached hydrogens (primary N) is 1. The van der Waals surface area contributed by atoms with Crippen LogP contribution in [0, 0.1) is 17.6 Å². The van der Waals surface area contributed by atoms with Crippen molar-refractivity contribution in [1.82, 2.24) is 10.3 Å². The molecule has 11 heteroatoms. The van der Waals surface area contributed by atoms with E-state index in [0.717, 1.165) is 11.1 Å². The van der Waals surface area contributed by atoms with Gasteiger partial charge in [0.05, 0.1) is 7.11 Å². The molecule has 0 unspecified atom stereocenters. The number of carbonyl (C=O) groups excluding carboxylic acids is 1. The Hall–Kier alpha value is -4.25. The Balaban J connectivity index is 1.99. The van der Waals surface area contributed by atoms with Crippen LogP contribution in [0.2, 0.25) is 0 Å². The fraction of sp³-hybridized carbons (Fsp3) is 0.296. The minimum atomic E-state index is -1.38. The van der Waals surface area contributed by atoms with E-state index < -0.39 is 41.6 Å². The molecule has 1 amide bonds. The Kier molecular flexibility index (Phi) is 9.55. The quantitative estimate of drug-likeness (QED) is 0.316. The number of carbonyl (C=O) groups is 2. The molecule has 0 spiro atoms. The van der Waals surface area contributed by atoms with Crippen molar-refractivity contribution in [3.63, 3.8) is 0 Å². The second-order valence-electron chi connectivity index (χ2n) is 8.85. The van der Waals surface area contributed by atoms with Crippen molar-refractivity contribution in [2.45, 2.75) is 39.5 Å². The van der Waals surface area contributed by atoms with E-state index in [1.54, 1.807) is 26.0 Å². The fourth-order valence-electron chi connectivity index (χ4n) is 3.57. The number of amides is 1. The molecule has 202 valence electrons. The third-order valence-electron chi connectivity index (χ3n) is 5.38. The predicted molar refractivity (Wildman–Crippen MR) is 135 cm³/mol. The van der Waals surface area contributed by atoms with Gasteiger partial charge in [-0.3, -0.25) is 0 Å². The van der Waals surface area contributed by atoms with Crippen molar-refractivity contribution in [3.05, 3.63) is 71.3 Å². The Morgan fingerprint density at radius 3 is 2.39 bits per heavy atom. The second kappa shape index (κ2) is 12.8. The number of aromatic nitrogens is 1. The van der Waals surface area contributed by atoms with Crippen LogP contribution in [0.3, 0.4) is 0 Å². The minimum Gasteiger partial charge on any atom is -0.479 e. The maximum Gasteiger partial charge on any atom is 0.407 e. The molecule has 0 saturated heterocycles. The molecule has 0 fully saturated rings. The third kappa shape index (κ3) is 7.62. The highest BCUT2D eigenvalue weighted by atomic mass is 19.1. The number of methoxy groups -OCH3 is 1.